The molecule has 0 fully saturated rings. The molecule has 0 aliphatic carbocycles. The number of carbonyl (C=O) groups is 1. The van der Waals surface area contributed by atoms with Crippen LogP contribution < -0.4 is 5.32 Å². The molecule has 2 heterocycles. The van der Waals surface area contributed by atoms with Crippen molar-refractivity contribution >= 4 is 5.91 Å². The lowest BCUT2D eigenvalue weighted by atomic mass is 9.98. The molecule has 0 saturated carbocycles. The second-order valence-electron chi connectivity index (χ2n) is 7.55. The normalized spacial score (nSPS) is 11.8. The van der Waals surface area contributed by atoms with Crippen molar-refractivity contribution in [1.82, 2.24) is 25.3 Å². The number of aryl methyl sites for hydroxylation is 3. The SMILES string of the molecule is Cc1ccc(C(NC(=O)c2cn(CCCc3ccccc3)nn2)c2ccncc2)cc1. The molecule has 0 bridgehead atoms. The third-order valence-corrected chi connectivity index (χ3v) is 5.19. The highest BCUT2D eigenvalue weighted by molar-refractivity contribution is 5.92. The molecule has 0 spiro atoms. The number of pyridine rings is 1. The number of nitrogens with one attached hydrogen (secondary N) is 1. The highest BCUT2D eigenvalue weighted by Gasteiger charge is 2.20. The number of rotatable bonds is 8. The Bertz CT molecular complexity index is 1110. The monoisotopic (exact) mass is 411 g/mol. The number of hydrogen-bond acceptors (Lipinski definition) is 4. The smallest absolute Gasteiger partial charge is 0.274 e. The van der Waals surface area contributed by atoms with E-state index in [1.807, 2.05) is 61.5 Å². The molecule has 6 nitrogen and oxygen atoms in total. The Kier molecular flexibility index (Phi) is 6.47. The van der Waals surface area contributed by atoms with Gasteiger partial charge in [0.15, 0.2) is 5.69 Å². The summed E-state index contributed by atoms with van der Waals surface area (Å²) >= 11 is 0. The Morgan fingerprint density at radius 1 is 0.968 bits per heavy atom. The first-order chi connectivity index (χ1) is 15.2. The van der Waals surface area contributed by atoms with Gasteiger partial charge >= 0.3 is 0 Å². The lowest BCUT2D eigenvalue weighted by molar-refractivity contribution is 0.0938. The molecular formula is C25H25N5O. The zero-order valence-corrected chi connectivity index (χ0v) is 17.5. The van der Waals surface area contributed by atoms with Crippen LogP contribution in [0.3, 0.4) is 0 Å². The van der Waals surface area contributed by atoms with Crippen molar-refractivity contribution in [3.8, 4) is 0 Å². The number of carbonyl (C=O) groups excluding carboxylic acids is 1. The Hall–Kier alpha value is -3.80. The van der Waals surface area contributed by atoms with Crippen LogP contribution in [0.4, 0.5) is 0 Å². The van der Waals surface area contributed by atoms with Crippen LogP contribution in [0, 0.1) is 6.92 Å². The van der Waals surface area contributed by atoms with Gasteiger partial charge in [0.1, 0.15) is 0 Å². The Labute approximate surface area is 182 Å². The van der Waals surface area contributed by atoms with Gasteiger partial charge in [-0.2, -0.15) is 0 Å². The molecule has 1 unspecified atom stereocenters. The average Bonchev–Trinajstić information content (AvgIpc) is 3.28. The van der Waals surface area contributed by atoms with Crippen molar-refractivity contribution in [3.05, 3.63) is 113 Å². The highest BCUT2D eigenvalue weighted by atomic mass is 16.2. The maximum atomic E-state index is 12.9. The van der Waals surface area contributed by atoms with Crippen molar-refractivity contribution in [2.75, 3.05) is 0 Å². The number of nitrogens with zero attached hydrogens (tertiary/aromatic N) is 4. The van der Waals surface area contributed by atoms with E-state index >= 15 is 0 Å². The Morgan fingerprint density at radius 2 is 1.68 bits per heavy atom. The second-order valence-corrected chi connectivity index (χ2v) is 7.55. The molecule has 31 heavy (non-hydrogen) atoms. The van der Waals surface area contributed by atoms with E-state index in [9.17, 15) is 4.79 Å². The minimum Gasteiger partial charge on any atom is -0.340 e. The first-order valence-electron chi connectivity index (χ1n) is 10.4. The third-order valence-electron chi connectivity index (χ3n) is 5.19. The lowest BCUT2D eigenvalue weighted by Crippen LogP contribution is -2.29. The van der Waals surface area contributed by atoms with Crippen LogP contribution in [0.1, 0.15) is 45.2 Å². The van der Waals surface area contributed by atoms with E-state index in [1.165, 1.54) is 11.1 Å². The minimum atomic E-state index is -0.292. The summed E-state index contributed by atoms with van der Waals surface area (Å²) in [7, 11) is 0. The summed E-state index contributed by atoms with van der Waals surface area (Å²) < 4.78 is 1.73. The van der Waals surface area contributed by atoms with Crippen LogP contribution in [0.15, 0.2) is 85.3 Å². The molecule has 2 aromatic carbocycles. The molecule has 1 amide bonds. The topological polar surface area (TPSA) is 72.7 Å². The summed E-state index contributed by atoms with van der Waals surface area (Å²) in [4.78, 5) is 17.0. The summed E-state index contributed by atoms with van der Waals surface area (Å²) in [5, 5.41) is 11.3. The van der Waals surface area contributed by atoms with Crippen LogP contribution in [0.25, 0.3) is 0 Å². The summed E-state index contributed by atoms with van der Waals surface area (Å²) in [6.45, 7) is 2.75. The average molecular weight is 412 g/mol. The van der Waals surface area contributed by atoms with Crippen LogP contribution in [0.2, 0.25) is 0 Å². The highest BCUT2D eigenvalue weighted by Crippen LogP contribution is 2.22. The van der Waals surface area contributed by atoms with Gasteiger partial charge in [-0.3, -0.25) is 14.5 Å². The molecule has 6 heteroatoms. The fourth-order valence-corrected chi connectivity index (χ4v) is 3.48. The van der Waals surface area contributed by atoms with E-state index < -0.39 is 0 Å². The first-order valence-corrected chi connectivity index (χ1v) is 10.4. The predicted molar refractivity (Wildman–Crippen MR) is 120 cm³/mol. The summed E-state index contributed by atoms with van der Waals surface area (Å²) in [6, 6.07) is 22.0. The fraction of sp³-hybridized carbons (Fsp3) is 0.200. The van der Waals surface area contributed by atoms with Gasteiger partial charge in [0.25, 0.3) is 5.91 Å². The molecule has 1 atom stereocenters. The van der Waals surface area contributed by atoms with E-state index in [2.05, 4.69) is 32.7 Å². The summed E-state index contributed by atoms with van der Waals surface area (Å²) in [5.41, 5.74) is 4.73. The third kappa shape index (κ3) is 5.42. The van der Waals surface area contributed by atoms with E-state index in [0.29, 0.717) is 12.2 Å². The molecule has 0 aliphatic heterocycles. The van der Waals surface area contributed by atoms with Gasteiger partial charge in [0, 0.05) is 18.9 Å². The number of amides is 1. The van der Waals surface area contributed by atoms with Gasteiger partial charge in [-0.1, -0.05) is 65.4 Å². The van der Waals surface area contributed by atoms with Crippen molar-refractivity contribution in [2.24, 2.45) is 0 Å². The maximum Gasteiger partial charge on any atom is 0.274 e. The maximum absolute atomic E-state index is 12.9. The lowest BCUT2D eigenvalue weighted by Gasteiger charge is -2.19. The van der Waals surface area contributed by atoms with Gasteiger partial charge in [0.05, 0.1) is 12.2 Å². The molecule has 0 aliphatic rings. The minimum absolute atomic E-state index is 0.253. The molecule has 4 rings (SSSR count). The van der Waals surface area contributed by atoms with E-state index in [-0.39, 0.29) is 11.9 Å². The molecule has 0 saturated heterocycles. The second kappa shape index (κ2) is 9.80. The summed E-state index contributed by atoms with van der Waals surface area (Å²) in [6.07, 6.45) is 7.05. The van der Waals surface area contributed by atoms with Crippen molar-refractivity contribution in [1.29, 1.82) is 0 Å². The van der Waals surface area contributed by atoms with Gasteiger partial charge in [0.2, 0.25) is 0 Å². The fourth-order valence-electron chi connectivity index (χ4n) is 3.48. The van der Waals surface area contributed by atoms with Crippen molar-refractivity contribution < 1.29 is 4.79 Å². The predicted octanol–water partition coefficient (Wildman–Crippen LogP) is 4.13. The van der Waals surface area contributed by atoms with Crippen molar-refractivity contribution in [3.63, 3.8) is 0 Å². The summed E-state index contributed by atoms with van der Waals surface area (Å²) in [5.74, 6) is -0.253. The molecule has 2 aromatic heterocycles. The van der Waals surface area contributed by atoms with E-state index in [4.69, 9.17) is 0 Å². The molecule has 1 N–H and O–H groups in total. The van der Waals surface area contributed by atoms with Gasteiger partial charge in [-0.05, 0) is 48.6 Å². The Morgan fingerprint density at radius 3 is 2.42 bits per heavy atom. The van der Waals surface area contributed by atoms with Crippen LogP contribution >= 0.6 is 0 Å². The largest absolute Gasteiger partial charge is 0.340 e. The van der Waals surface area contributed by atoms with E-state index in [0.717, 1.165) is 24.0 Å². The zero-order chi connectivity index (χ0) is 21.5. The van der Waals surface area contributed by atoms with Crippen LogP contribution in [0.5, 0.6) is 0 Å². The quantitative estimate of drug-likeness (QED) is 0.473. The number of hydrogen-bond donors (Lipinski definition) is 1. The molecular weight excluding hydrogens is 386 g/mol. The molecule has 0 radical (unpaired) electrons. The van der Waals surface area contributed by atoms with Gasteiger partial charge < -0.3 is 5.32 Å². The van der Waals surface area contributed by atoms with Gasteiger partial charge in [-0.15, -0.1) is 5.10 Å². The number of benzene rings is 2. The molecule has 4 aromatic rings. The van der Waals surface area contributed by atoms with Gasteiger partial charge in [-0.25, -0.2) is 0 Å². The zero-order valence-electron chi connectivity index (χ0n) is 17.5. The van der Waals surface area contributed by atoms with Crippen molar-refractivity contribution in [2.45, 2.75) is 32.4 Å². The van der Waals surface area contributed by atoms with Crippen LogP contribution in [-0.4, -0.2) is 25.9 Å². The van der Waals surface area contributed by atoms with Crippen LogP contribution in [-0.2, 0) is 13.0 Å². The molecule has 156 valence electrons. The number of aromatic nitrogens is 4. The standard InChI is InChI=1S/C25H25N5O/c1-19-9-11-21(12-10-19)24(22-13-15-26-16-14-22)27-25(31)23-18-30(29-28-23)17-5-8-20-6-3-2-4-7-20/h2-4,6-7,9-16,18,24H,5,8,17H2,1H3,(H,27,31). The Balaban J connectivity index is 1.43. The first kappa shape index (κ1) is 20.5. The van der Waals surface area contributed by atoms with E-state index in [1.54, 1.807) is 23.3 Å².